The number of carbonyl (C=O) groups is 1. The van der Waals surface area contributed by atoms with E-state index >= 15 is 0 Å². The molecule has 0 aliphatic carbocycles. The van der Waals surface area contributed by atoms with Crippen LogP contribution in [-0.2, 0) is 6.42 Å². The van der Waals surface area contributed by atoms with E-state index in [0.717, 1.165) is 32.4 Å². The van der Waals surface area contributed by atoms with Crippen molar-refractivity contribution in [2.75, 3.05) is 13.1 Å². The van der Waals surface area contributed by atoms with Crippen molar-refractivity contribution in [1.82, 2.24) is 30.4 Å². The quantitative estimate of drug-likeness (QED) is 0.894. The second-order valence-corrected chi connectivity index (χ2v) is 6.69. The fourth-order valence-electron chi connectivity index (χ4n) is 3.02. The van der Waals surface area contributed by atoms with E-state index in [1.807, 2.05) is 18.7 Å². The monoisotopic (exact) mass is 344 g/mol. The first kappa shape index (κ1) is 17.3. The van der Waals surface area contributed by atoms with Gasteiger partial charge in [0.25, 0.3) is 5.89 Å². The largest absolute Gasteiger partial charge is 0.419 e. The van der Waals surface area contributed by atoms with Gasteiger partial charge in [-0.1, -0.05) is 0 Å². The van der Waals surface area contributed by atoms with E-state index in [2.05, 4.69) is 25.5 Å². The Labute approximate surface area is 147 Å². The molecule has 8 heteroatoms. The molecule has 0 radical (unpaired) electrons. The summed E-state index contributed by atoms with van der Waals surface area (Å²) in [7, 11) is 0. The lowest BCUT2D eigenvalue weighted by atomic mass is 9.93. The number of carbonyl (C=O) groups excluding carboxylic acids is 1. The second-order valence-electron chi connectivity index (χ2n) is 6.69. The summed E-state index contributed by atoms with van der Waals surface area (Å²) in [6.07, 6.45) is 8.58. The third-order valence-corrected chi connectivity index (χ3v) is 4.23. The maximum Gasteiger partial charge on any atom is 0.317 e. The number of nitrogens with zero attached hydrogens (tertiary/aromatic N) is 5. The van der Waals surface area contributed by atoms with Crippen LogP contribution in [0.4, 0.5) is 4.79 Å². The van der Waals surface area contributed by atoms with Gasteiger partial charge in [0, 0.05) is 37.9 Å². The molecular formula is C17H24N6O2. The van der Waals surface area contributed by atoms with Crippen molar-refractivity contribution in [3.8, 4) is 11.6 Å². The molecule has 134 valence electrons. The lowest BCUT2D eigenvalue weighted by Gasteiger charge is -2.33. The molecule has 3 rings (SSSR count). The van der Waals surface area contributed by atoms with Crippen LogP contribution in [0.1, 0.15) is 39.0 Å². The summed E-state index contributed by atoms with van der Waals surface area (Å²) >= 11 is 0. The van der Waals surface area contributed by atoms with E-state index in [4.69, 9.17) is 4.42 Å². The summed E-state index contributed by atoms with van der Waals surface area (Å²) in [6.45, 7) is 5.56. The smallest absolute Gasteiger partial charge is 0.317 e. The van der Waals surface area contributed by atoms with Crippen LogP contribution in [0.2, 0.25) is 0 Å². The summed E-state index contributed by atoms with van der Waals surface area (Å²) in [6, 6.07) is 0.188. The number of likely N-dealkylation sites (tertiary alicyclic amines) is 1. The normalized spacial score (nSPS) is 17.7. The Kier molecular flexibility index (Phi) is 5.57. The van der Waals surface area contributed by atoms with Gasteiger partial charge in [0.2, 0.25) is 5.89 Å². The molecule has 1 N–H and O–H groups in total. The molecule has 1 aliphatic rings. The van der Waals surface area contributed by atoms with Gasteiger partial charge in [0.05, 0.1) is 6.20 Å². The maximum absolute atomic E-state index is 12.1. The van der Waals surface area contributed by atoms with Crippen LogP contribution in [-0.4, -0.2) is 50.2 Å². The van der Waals surface area contributed by atoms with Crippen molar-refractivity contribution in [3.63, 3.8) is 0 Å². The van der Waals surface area contributed by atoms with Crippen LogP contribution in [0.5, 0.6) is 0 Å². The van der Waals surface area contributed by atoms with Gasteiger partial charge < -0.3 is 14.6 Å². The number of aryl methyl sites for hydroxylation is 1. The fraction of sp³-hybridized carbons (Fsp3) is 0.588. The highest BCUT2D eigenvalue weighted by molar-refractivity contribution is 5.74. The van der Waals surface area contributed by atoms with Gasteiger partial charge in [-0.05, 0) is 39.0 Å². The van der Waals surface area contributed by atoms with Crippen LogP contribution in [0, 0.1) is 5.92 Å². The average Bonchev–Trinajstić information content (AvgIpc) is 3.09. The zero-order valence-corrected chi connectivity index (χ0v) is 14.7. The van der Waals surface area contributed by atoms with E-state index < -0.39 is 0 Å². The van der Waals surface area contributed by atoms with Crippen LogP contribution in [0.25, 0.3) is 11.6 Å². The van der Waals surface area contributed by atoms with Gasteiger partial charge in [0.1, 0.15) is 5.69 Å². The number of hydrogen-bond donors (Lipinski definition) is 1. The van der Waals surface area contributed by atoms with Gasteiger partial charge in [-0.25, -0.2) is 9.78 Å². The molecule has 1 saturated heterocycles. The fourth-order valence-corrected chi connectivity index (χ4v) is 3.02. The molecule has 2 aromatic rings. The van der Waals surface area contributed by atoms with Gasteiger partial charge >= 0.3 is 6.03 Å². The Morgan fingerprint density at radius 3 is 3.04 bits per heavy atom. The third-order valence-electron chi connectivity index (χ3n) is 4.23. The first-order valence-corrected chi connectivity index (χ1v) is 8.76. The molecule has 0 spiro atoms. The van der Waals surface area contributed by atoms with Gasteiger partial charge in [0.15, 0.2) is 0 Å². The Morgan fingerprint density at radius 2 is 2.28 bits per heavy atom. The zero-order chi connectivity index (χ0) is 17.6. The summed E-state index contributed by atoms with van der Waals surface area (Å²) in [5.74, 6) is 1.45. The number of amides is 2. The Balaban J connectivity index is 1.52. The molecule has 25 heavy (non-hydrogen) atoms. The molecule has 1 fully saturated rings. The van der Waals surface area contributed by atoms with Gasteiger partial charge in [-0.2, -0.15) is 0 Å². The molecule has 2 amide bonds. The molecule has 1 unspecified atom stereocenters. The van der Waals surface area contributed by atoms with Crippen LogP contribution in [0.15, 0.2) is 23.0 Å². The molecule has 8 nitrogen and oxygen atoms in total. The summed E-state index contributed by atoms with van der Waals surface area (Å²) in [5, 5.41) is 11.1. The molecule has 0 saturated carbocycles. The van der Waals surface area contributed by atoms with E-state index in [1.165, 1.54) is 0 Å². The molecular weight excluding hydrogens is 320 g/mol. The molecule has 1 aliphatic heterocycles. The Morgan fingerprint density at radius 1 is 1.40 bits per heavy atom. The Bertz CT molecular complexity index is 687. The SMILES string of the molecule is CC(C)NC(=O)N1CCCC(CCc2nnc(-c3cnccn3)o2)C1. The first-order valence-electron chi connectivity index (χ1n) is 8.76. The number of rotatable bonds is 5. The zero-order valence-electron chi connectivity index (χ0n) is 14.7. The van der Waals surface area contributed by atoms with Crippen molar-refractivity contribution in [2.24, 2.45) is 5.92 Å². The topological polar surface area (TPSA) is 97.0 Å². The minimum absolute atomic E-state index is 0.0300. The number of nitrogens with one attached hydrogen (secondary N) is 1. The lowest BCUT2D eigenvalue weighted by Crippen LogP contribution is -2.47. The second kappa shape index (κ2) is 8.04. The summed E-state index contributed by atoms with van der Waals surface area (Å²) in [5.41, 5.74) is 0.579. The van der Waals surface area contributed by atoms with Crippen LogP contribution < -0.4 is 5.32 Å². The van der Waals surface area contributed by atoms with E-state index in [0.29, 0.717) is 29.8 Å². The van der Waals surface area contributed by atoms with Crippen molar-refractivity contribution in [1.29, 1.82) is 0 Å². The van der Waals surface area contributed by atoms with Crippen LogP contribution in [0.3, 0.4) is 0 Å². The lowest BCUT2D eigenvalue weighted by molar-refractivity contribution is 0.160. The highest BCUT2D eigenvalue weighted by Gasteiger charge is 2.24. The van der Waals surface area contributed by atoms with Crippen molar-refractivity contribution in [2.45, 2.75) is 45.6 Å². The minimum Gasteiger partial charge on any atom is -0.419 e. The average molecular weight is 344 g/mol. The number of aromatic nitrogens is 4. The number of hydrogen-bond acceptors (Lipinski definition) is 6. The van der Waals surface area contributed by atoms with E-state index in [-0.39, 0.29) is 12.1 Å². The predicted molar refractivity (Wildman–Crippen MR) is 91.6 cm³/mol. The van der Waals surface area contributed by atoms with Crippen molar-refractivity contribution in [3.05, 3.63) is 24.5 Å². The Hall–Kier alpha value is -2.51. The van der Waals surface area contributed by atoms with E-state index in [1.54, 1.807) is 18.6 Å². The summed E-state index contributed by atoms with van der Waals surface area (Å²) in [4.78, 5) is 22.2. The molecule has 1 atom stereocenters. The van der Waals surface area contributed by atoms with Gasteiger partial charge in [-0.3, -0.25) is 4.98 Å². The standard InChI is InChI=1S/C17H24N6O2/c1-12(2)20-17(24)23-9-3-4-13(11-23)5-6-15-21-22-16(25-15)14-10-18-7-8-19-14/h7-8,10,12-13H,3-6,9,11H2,1-2H3,(H,20,24). The molecule has 2 aromatic heterocycles. The predicted octanol–water partition coefficient (Wildman–Crippen LogP) is 2.29. The van der Waals surface area contributed by atoms with Crippen LogP contribution >= 0.6 is 0 Å². The molecule has 3 heterocycles. The van der Waals surface area contributed by atoms with E-state index in [9.17, 15) is 4.79 Å². The molecule has 0 bridgehead atoms. The third kappa shape index (κ3) is 4.74. The van der Waals surface area contributed by atoms with Gasteiger partial charge in [-0.15, -0.1) is 10.2 Å². The number of urea groups is 1. The molecule has 0 aromatic carbocycles. The highest BCUT2D eigenvalue weighted by Crippen LogP contribution is 2.22. The summed E-state index contributed by atoms with van der Waals surface area (Å²) < 4.78 is 5.67. The van der Waals surface area contributed by atoms with Crippen molar-refractivity contribution < 1.29 is 9.21 Å². The van der Waals surface area contributed by atoms with Crippen molar-refractivity contribution >= 4 is 6.03 Å². The number of piperidine rings is 1. The highest BCUT2D eigenvalue weighted by atomic mass is 16.4. The maximum atomic E-state index is 12.1. The first-order chi connectivity index (χ1) is 12.1. The minimum atomic E-state index is 0.0300.